The molecule has 0 atom stereocenters. The third kappa shape index (κ3) is 4.14. The van der Waals surface area contributed by atoms with E-state index in [0.717, 1.165) is 28.3 Å². The second-order valence-electron chi connectivity index (χ2n) is 7.66. The molecule has 0 amide bonds. The molecule has 2 aromatic carbocycles. The molecule has 0 radical (unpaired) electrons. The second kappa shape index (κ2) is 7.72. The molecule has 0 aliphatic carbocycles. The van der Waals surface area contributed by atoms with Gasteiger partial charge < -0.3 is 15.8 Å². The molecule has 0 unspecified atom stereocenters. The van der Waals surface area contributed by atoms with Crippen LogP contribution in [-0.2, 0) is 0 Å². The van der Waals surface area contributed by atoms with Gasteiger partial charge in [-0.15, -0.1) is 0 Å². The molecule has 3 aromatic rings. The normalized spacial score (nSPS) is 11.1. The van der Waals surface area contributed by atoms with E-state index >= 15 is 0 Å². The van der Waals surface area contributed by atoms with Gasteiger partial charge in [0.25, 0.3) is 0 Å². The quantitative estimate of drug-likeness (QED) is 0.467. The molecule has 0 fully saturated rings. The van der Waals surface area contributed by atoms with Gasteiger partial charge in [-0.3, -0.25) is 9.78 Å². The molecule has 3 N–H and O–H groups in total. The number of methoxy groups -OCH3 is 1. The standard InChI is InChI=1S/C23H25N3O2/c1-23(2,3)22(27)20-7-5-6-19(21(20)24)15-12-17(14-25-13-15)26-16-8-10-18(28-4)11-9-16/h5-14,26H,24H2,1-4H3. The third-order valence-corrected chi connectivity index (χ3v) is 4.46. The fourth-order valence-corrected chi connectivity index (χ4v) is 2.92. The number of benzene rings is 2. The zero-order chi connectivity index (χ0) is 20.3. The van der Waals surface area contributed by atoms with Crippen LogP contribution >= 0.6 is 0 Å². The van der Waals surface area contributed by atoms with Crippen molar-refractivity contribution in [2.24, 2.45) is 5.41 Å². The maximum absolute atomic E-state index is 12.7. The zero-order valence-electron chi connectivity index (χ0n) is 16.6. The van der Waals surface area contributed by atoms with Gasteiger partial charge in [0.05, 0.1) is 24.7 Å². The van der Waals surface area contributed by atoms with Gasteiger partial charge >= 0.3 is 0 Å². The Bertz CT molecular complexity index is 989. The Balaban J connectivity index is 1.92. The monoisotopic (exact) mass is 375 g/mol. The first kappa shape index (κ1) is 19.4. The average molecular weight is 375 g/mol. The minimum atomic E-state index is -0.497. The largest absolute Gasteiger partial charge is 0.497 e. The van der Waals surface area contributed by atoms with Crippen molar-refractivity contribution in [1.29, 1.82) is 0 Å². The number of ether oxygens (including phenoxy) is 1. The maximum atomic E-state index is 12.7. The first-order valence-corrected chi connectivity index (χ1v) is 9.09. The lowest BCUT2D eigenvalue weighted by Crippen LogP contribution is -2.21. The number of nitrogens with zero attached hydrogens (tertiary/aromatic N) is 1. The van der Waals surface area contributed by atoms with Crippen molar-refractivity contribution in [2.45, 2.75) is 20.8 Å². The summed E-state index contributed by atoms with van der Waals surface area (Å²) in [6.07, 6.45) is 3.49. The maximum Gasteiger partial charge on any atom is 0.170 e. The first-order chi connectivity index (χ1) is 13.3. The van der Waals surface area contributed by atoms with Gasteiger partial charge in [-0.05, 0) is 36.4 Å². The second-order valence-corrected chi connectivity index (χ2v) is 7.66. The number of nitrogens with two attached hydrogens (primary N) is 1. The Labute approximate surface area is 165 Å². The van der Waals surface area contributed by atoms with E-state index in [-0.39, 0.29) is 5.78 Å². The molecule has 1 aromatic heterocycles. The van der Waals surface area contributed by atoms with Crippen LogP contribution in [0.1, 0.15) is 31.1 Å². The minimum Gasteiger partial charge on any atom is -0.497 e. The molecule has 0 saturated heterocycles. The molecule has 0 spiro atoms. The molecule has 1 heterocycles. The molecule has 144 valence electrons. The van der Waals surface area contributed by atoms with Crippen molar-refractivity contribution in [3.63, 3.8) is 0 Å². The first-order valence-electron chi connectivity index (χ1n) is 9.09. The fraction of sp³-hybridized carbons (Fsp3) is 0.217. The Morgan fingerprint density at radius 3 is 2.39 bits per heavy atom. The molecule has 28 heavy (non-hydrogen) atoms. The SMILES string of the molecule is COc1ccc(Nc2cncc(-c3cccc(C(=O)C(C)(C)C)c3N)c2)cc1. The predicted octanol–water partition coefficient (Wildman–Crippen LogP) is 5.31. The van der Waals surface area contributed by atoms with Crippen LogP contribution in [0.4, 0.5) is 17.1 Å². The number of pyridine rings is 1. The molecular weight excluding hydrogens is 350 g/mol. The molecule has 0 saturated carbocycles. The molecule has 0 aliphatic heterocycles. The summed E-state index contributed by atoms with van der Waals surface area (Å²) in [5, 5.41) is 3.32. The van der Waals surface area contributed by atoms with Crippen LogP contribution in [0.15, 0.2) is 60.9 Å². The molecule has 3 rings (SSSR count). The Kier molecular flexibility index (Phi) is 5.36. The van der Waals surface area contributed by atoms with E-state index in [1.165, 1.54) is 0 Å². The van der Waals surface area contributed by atoms with Crippen LogP contribution in [0, 0.1) is 5.41 Å². The summed E-state index contributed by atoms with van der Waals surface area (Å²) in [6, 6.07) is 15.1. The average Bonchev–Trinajstić information content (AvgIpc) is 2.68. The predicted molar refractivity (Wildman–Crippen MR) is 114 cm³/mol. The number of hydrogen-bond acceptors (Lipinski definition) is 5. The number of aromatic nitrogens is 1. The van der Waals surface area contributed by atoms with Gasteiger partial charge in [-0.2, -0.15) is 0 Å². The summed E-state index contributed by atoms with van der Waals surface area (Å²) in [7, 11) is 1.64. The van der Waals surface area contributed by atoms with Gasteiger partial charge in [0.1, 0.15) is 5.75 Å². The highest BCUT2D eigenvalue weighted by Gasteiger charge is 2.25. The summed E-state index contributed by atoms with van der Waals surface area (Å²) < 4.78 is 5.18. The molecule has 5 nitrogen and oxygen atoms in total. The number of para-hydroxylation sites is 1. The molecule has 0 aliphatic rings. The summed E-state index contributed by atoms with van der Waals surface area (Å²) >= 11 is 0. The Hall–Kier alpha value is -3.34. The smallest absolute Gasteiger partial charge is 0.170 e. The number of hydrogen-bond donors (Lipinski definition) is 2. The third-order valence-electron chi connectivity index (χ3n) is 4.46. The number of anilines is 3. The summed E-state index contributed by atoms with van der Waals surface area (Å²) in [4.78, 5) is 17.0. The van der Waals surface area contributed by atoms with E-state index < -0.39 is 5.41 Å². The van der Waals surface area contributed by atoms with Crippen LogP contribution in [0.2, 0.25) is 0 Å². The van der Waals surface area contributed by atoms with Gasteiger partial charge in [0.15, 0.2) is 5.78 Å². The van der Waals surface area contributed by atoms with Crippen molar-refractivity contribution in [3.8, 4) is 16.9 Å². The summed E-state index contributed by atoms with van der Waals surface area (Å²) in [6.45, 7) is 5.67. The van der Waals surface area contributed by atoms with Gasteiger partial charge in [0, 0.05) is 34.0 Å². The van der Waals surface area contributed by atoms with E-state index in [2.05, 4.69) is 10.3 Å². The fourth-order valence-electron chi connectivity index (χ4n) is 2.92. The lowest BCUT2D eigenvalue weighted by Gasteiger charge is -2.19. The van der Waals surface area contributed by atoms with Gasteiger partial charge in [0.2, 0.25) is 0 Å². The summed E-state index contributed by atoms with van der Waals surface area (Å²) in [5.74, 6) is 0.817. The Morgan fingerprint density at radius 1 is 1.04 bits per heavy atom. The summed E-state index contributed by atoms with van der Waals surface area (Å²) in [5.41, 5.74) is 10.3. The molecule has 0 bridgehead atoms. The highest BCUT2D eigenvalue weighted by Crippen LogP contribution is 2.33. The van der Waals surface area contributed by atoms with Crippen LogP contribution in [0.25, 0.3) is 11.1 Å². The van der Waals surface area contributed by atoms with Crippen molar-refractivity contribution in [3.05, 3.63) is 66.5 Å². The highest BCUT2D eigenvalue weighted by atomic mass is 16.5. The van der Waals surface area contributed by atoms with Crippen molar-refractivity contribution < 1.29 is 9.53 Å². The van der Waals surface area contributed by atoms with E-state index in [9.17, 15) is 4.79 Å². The highest BCUT2D eigenvalue weighted by molar-refractivity contribution is 6.06. The van der Waals surface area contributed by atoms with E-state index in [1.807, 2.05) is 63.2 Å². The number of nitrogen functional groups attached to an aromatic ring is 1. The lowest BCUT2D eigenvalue weighted by atomic mass is 9.84. The molecule has 5 heteroatoms. The topological polar surface area (TPSA) is 77.2 Å². The number of nitrogens with one attached hydrogen (secondary N) is 1. The van der Waals surface area contributed by atoms with E-state index in [4.69, 9.17) is 10.5 Å². The van der Waals surface area contributed by atoms with Crippen molar-refractivity contribution in [2.75, 3.05) is 18.2 Å². The van der Waals surface area contributed by atoms with Gasteiger partial charge in [-0.1, -0.05) is 32.9 Å². The number of carbonyl (C=O) groups is 1. The number of carbonyl (C=O) groups excluding carboxylic acids is 1. The minimum absolute atomic E-state index is 0.0207. The number of ketones is 1. The van der Waals surface area contributed by atoms with Crippen molar-refractivity contribution in [1.82, 2.24) is 4.98 Å². The molecular formula is C23H25N3O2. The van der Waals surface area contributed by atoms with E-state index in [0.29, 0.717) is 11.3 Å². The van der Waals surface area contributed by atoms with E-state index in [1.54, 1.807) is 25.6 Å². The Morgan fingerprint density at radius 2 is 1.75 bits per heavy atom. The van der Waals surface area contributed by atoms with Crippen molar-refractivity contribution >= 4 is 22.8 Å². The van der Waals surface area contributed by atoms with Crippen LogP contribution in [-0.4, -0.2) is 17.9 Å². The zero-order valence-corrected chi connectivity index (χ0v) is 16.6. The lowest BCUT2D eigenvalue weighted by molar-refractivity contribution is 0.0859. The van der Waals surface area contributed by atoms with Crippen LogP contribution in [0.5, 0.6) is 5.75 Å². The number of Topliss-reactive ketones (excluding diaryl/α,β-unsaturated/α-hetero) is 1. The van der Waals surface area contributed by atoms with Crippen LogP contribution in [0.3, 0.4) is 0 Å². The van der Waals surface area contributed by atoms with Gasteiger partial charge in [-0.25, -0.2) is 0 Å². The van der Waals surface area contributed by atoms with Crippen LogP contribution < -0.4 is 15.8 Å². The number of rotatable bonds is 5.